The molecule has 0 rings (SSSR count). The van der Waals surface area contributed by atoms with E-state index >= 15 is 0 Å². The van der Waals surface area contributed by atoms with Crippen molar-refractivity contribution in [3.63, 3.8) is 0 Å². The van der Waals surface area contributed by atoms with Gasteiger partial charge in [0.15, 0.2) is 0 Å². The standard InChI is InChI=1S/C10H14Cl3NO4/c1-9(2,5-3-4-7(15)16)14-8(17)18-6-10(11,12)13/h3-4H,5-6H2,1-2H3,(H,14,17)(H,15,16). The second-order valence-electron chi connectivity index (χ2n) is 4.14. The topological polar surface area (TPSA) is 75.6 Å². The van der Waals surface area contributed by atoms with E-state index in [9.17, 15) is 9.59 Å². The Morgan fingerprint density at radius 3 is 2.33 bits per heavy atom. The zero-order valence-electron chi connectivity index (χ0n) is 9.87. The third kappa shape index (κ3) is 10.5. The highest BCUT2D eigenvalue weighted by Gasteiger charge is 2.25. The van der Waals surface area contributed by atoms with Crippen molar-refractivity contribution in [3.8, 4) is 0 Å². The number of amides is 1. The maximum Gasteiger partial charge on any atom is 0.407 e. The van der Waals surface area contributed by atoms with Gasteiger partial charge in [-0.2, -0.15) is 0 Å². The quantitative estimate of drug-likeness (QED) is 0.603. The fourth-order valence-electron chi connectivity index (χ4n) is 0.965. The van der Waals surface area contributed by atoms with E-state index < -0.39 is 21.4 Å². The van der Waals surface area contributed by atoms with Gasteiger partial charge in [0.1, 0.15) is 6.61 Å². The van der Waals surface area contributed by atoms with Crippen molar-refractivity contribution in [3.05, 3.63) is 12.2 Å². The van der Waals surface area contributed by atoms with Crippen LogP contribution in [0.15, 0.2) is 12.2 Å². The lowest BCUT2D eigenvalue weighted by Crippen LogP contribution is -2.44. The molecule has 0 saturated heterocycles. The molecule has 0 fully saturated rings. The van der Waals surface area contributed by atoms with Crippen molar-refractivity contribution in [1.82, 2.24) is 5.32 Å². The Hall–Kier alpha value is -0.650. The molecule has 0 bridgehead atoms. The largest absolute Gasteiger partial charge is 0.478 e. The first-order valence-corrected chi connectivity index (χ1v) is 6.06. The van der Waals surface area contributed by atoms with Crippen molar-refractivity contribution in [2.24, 2.45) is 0 Å². The number of carbonyl (C=O) groups is 2. The van der Waals surface area contributed by atoms with Gasteiger partial charge in [0, 0.05) is 11.6 Å². The van der Waals surface area contributed by atoms with Crippen LogP contribution in [0, 0.1) is 0 Å². The van der Waals surface area contributed by atoms with Gasteiger partial charge in [-0.1, -0.05) is 40.9 Å². The van der Waals surface area contributed by atoms with Gasteiger partial charge in [0.2, 0.25) is 3.79 Å². The summed E-state index contributed by atoms with van der Waals surface area (Å²) in [5.41, 5.74) is -0.670. The summed E-state index contributed by atoms with van der Waals surface area (Å²) in [6.07, 6.45) is 2.01. The molecule has 0 aliphatic heterocycles. The minimum atomic E-state index is -1.66. The molecule has 5 nitrogen and oxygen atoms in total. The molecule has 0 spiro atoms. The second kappa shape index (κ2) is 7.07. The number of carbonyl (C=O) groups excluding carboxylic acids is 1. The molecule has 0 aliphatic carbocycles. The Kier molecular flexibility index (Phi) is 6.81. The number of hydrogen-bond donors (Lipinski definition) is 2. The van der Waals surface area contributed by atoms with Crippen LogP contribution in [0.3, 0.4) is 0 Å². The first kappa shape index (κ1) is 17.4. The van der Waals surface area contributed by atoms with E-state index in [0.717, 1.165) is 6.08 Å². The zero-order valence-corrected chi connectivity index (χ0v) is 12.1. The lowest BCUT2D eigenvalue weighted by atomic mass is 10.0. The fourth-order valence-corrected chi connectivity index (χ4v) is 1.13. The van der Waals surface area contributed by atoms with Gasteiger partial charge >= 0.3 is 12.1 Å². The predicted molar refractivity (Wildman–Crippen MR) is 70.2 cm³/mol. The Bertz CT molecular complexity index is 337. The Morgan fingerprint density at radius 2 is 1.89 bits per heavy atom. The van der Waals surface area contributed by atoms with Crippen LogP contribution < -0.4 is 5.32 Å². The minimum Gasteiger partial charge on any atom is -0.478 e. The van der Waals surface area contributed by atoms with Gasteiger partial charge in [-0.25, -0.2) is 9.59 Å². The number of rotatable bonds is 5. The van der Waals surface area contributed by atoms with Gasteiger partial charge in [-0.3, -0.25) is 0 Å². The van der Waals surface area contributed by atoms with Crippen molar-refractivity contribution < 1.29 is 19.4 Å². The summed E-state index contributed by atoms with van der Waals surface area (Å²) < 4.78 is 3.02. The highest BCUT2D eigenvalue weighted by Crippen LogP contribution is 2.26. The summed E-state index contributed by atoms with van der Waals surface area (Å²) in [5, 5.41) is 10.9. The number of carboxylic acids is 1. The SMILES string of the molecule is CC(C)(CC=CC(=O)O)NC(=O)OCC(Cl)(Cl)Cl. The third-order valence-electron chi connectivity index (χ3n) is 1.70. The molecule has 0 aliphatic rings. The van der Waals surface area contributed by atoms with E-state index in [1.54, 1.807) is 13.8 Å². The van der Waals surface area contributed by atoms with Crippen LogP contribution in [-0.4, -0.2) is 33.1 Å². The molecule has 8 heteroatoms. The maximum absolute atomic E-state index is 11.4. The Balaban J connectivity index is 4.15. The number of hydrogen-bond acceptors (Lipinski definition) is 3. The number of aliphatic carboxylic acids is 1. The predicted octanol–water partition coefficient (Wildman–Crippen LogP) is 2.89. The van der Waals surface area contributed by atoms with Crippen molar-refractivity contribution in [1.29, 1.82) is 0 Å². The van der Waals surface area contributed by atoms with Gasteiger partial charge in [0.05, 0.1) is 0 Å². The molecule has 0 unspecified atom stereocenters. The van der Waals surface area contributed by atoms with E-state index in [4.69, 9.17) is 39.9 Å². The second-order valence-corrected chi connectivity index (χ2v) is 6.66. The van der Waals surface area contributed by atoms with Crippen molar-refractivity contribution >= 4 is 46.9 Å². The van der Waals surface area contributed by atoms with Gasteiger partial charge in [-0.15, -0.1) is 0 Å². The molecule has 0 aromatic carbocycles. The highest BCUT2D eigenvalue weighted by molar-refractivity contribution is 6.67. The minimum absolute atomic E-state index is 0.322. The fraction of sp³-hybridized carbons (Fsp3) is 0.600. The van der Waals surface area contributed by atoms with Crippen LogP contribution in [0.1, 0.15) is 20.3 Å². The summed E-state index contributed by atoms with van der Waals surface area (Å²) in [5.74, 6) is -1.05. The van der Waals surface area contributed by atoms with E-state index in [-0.39, 0.29) is 6.61 Å². The maximum atomic E-state index is 11.4. The Morgan fingerprint density at radius 1 is 1.33 bits per heavy atom. The first-order chi connectivity index (χ1) is 8.02. The molecule has 0 aromatic rings. The van der Waals surface area contributed by atoms with E-state index in [0.29, 0.717) is 6.42 Å². The van der Waals surface area contributed by atoms with Crippen molar-refractivity contribution in [2.75, 3.05) is 6.61 Å². The smallest absolute Gasteiger partial charge is 0.407 e. The highest BCUT2D eigenvalue weighted by atomic mass is 35.6. The number of carboxylic acid groups (broad SMARTS) is 1. The van der Waals surface area contributed by atoms with Crippen LogP contribution in [-0.2, 0) is 9.53 Å². The van der Waals surface area contributed by atoms with E-state index in [1.807, 2.05) is 0 Å². The summed E-state index contributed by atoms with van der Waals surface area (Å²) >= 11 is 16.2. The van der Waals surface area contributed by atoms with Crippen LogP contribution >= 0.6 is 34.8 Å². The molecular weight excluding hydrogens is 304 g/mol. The molecule has 0 atom stereocenters. The number of alkyl carbamates (subject to hydrolysis) is 1. The summed E-state index contributed by atoms with van der Waals surface area (Å²) in [7, 11) is 0. The van der Waals surface area contributed by atoms with Gasteiger partial charge < -0.3 is 15.2 Å². The average Bonchev–Trinajstić information content (AvgIpc) is 2.11. The normalized spacial score (nSPS) is 12.5. The molecule has 104 valence electrons. The molecule has 18 heavy (non-hydrogen) atoms. The van der Waals surface area contributed by atoms with Crippen LogP contribution in [0.2, 0.25) is 0 Å². The summed E-state index contributed by atoms with van der Waals surface area (Å²) in [6, 6.07) is 0. The molecule has 0 heterocycles. The van der Waals surface area contributed by atoms with Gasteiger partial charge in [0.25, 0.3) is 0 Å². The molecule has 0 radical (unpaired) electrons. The molecule has 0 aromatic heterocycles. The number of nitrogens with one attached hydrogen (secondary N) is 1. The van der Waals surface area contributed by atoms with Crippen LogP contribution in [0.25, 0.3) is 0 Å². The third-order valence-corrected chi connectivity index (χ3v) is 2.02. The Labute approximate surface area is 120 Å². The van der Waals surface area contributed by atoms with E-state index in [1.165, 1.54) is 6.08 Å². The van der Waals surface area contributed by atoms with Crippen LogP contribution in [0.4, 0.5) is 4.79 Å². The number of halogens is 3. The molecule has 0 saturated carbocycles. The zero-order chi connectivity index (χ0) is 14.4. The molecule has 1 amide bonds. The monoisotopic (exact) mass is 317 g/mol. The van der Waals surface area contributed by atoms with Crippen molar-refractivity contribution in [2.45, 2.75) is 29.6 Å². The van der Waals surface area contributed by atoms with Crippen LogP contribution in [0.5, 0.6) is 0 Å². The lowest BCUT2D eigenvalue weighted by Gasteiger charge is -2.24. The first-order valence-electron chi connectivity index (χ1n) is 4.93. The number of ether oxygens (including phenoxy) is 1. The molecule has 2 N–H and O–H groups in total. The summed E-state index contributed by atoms with van der Waals surface area (Å²) in [6.45, 7) is 3.04. The molecular formula is C10H14Cl3NO4. The summed E-state index contributed by atoms with van der Waals surface area (Å²) in [4.78, 5) is 21.6. The average molecular weight is 319 g/mol. The van der Waals surface area contributed by atoms with E-state index in [2.05, 4.69) is 10.1 Å². The lowest BCUT2D eigenvalue weighted by molar-refractivity contribution is -0.131. The number of alkyl halides is 3. The van der Waals surface area contributed by atoms with Gasteiger partial charge in [-0.05, 0) is 20.3 Å².